The quantitative estimate of drug-likeness (QED) is 0.595. The van der Waals surface area contributed by atoms with Gasteiger partial charge in [-0.25, -0.2) is 14.5 Å². The highest BCUT2D eigenvalue weighted by Crippen LogP contribution is 2.24. The second-order valence-corrected chi connectivity index (χ2v) is 5.94. The van der Waals surface area contributed by atoms with Crippen molar-refractivity contribution in [2.75, 3.05) is 0 Å². The van der Waals surface area contributed by atoms with Crippen LogP contribution >= 0.6 is 12.2 Å². The summed E-state index contributed by atoms with van der Waals surface area (Å²) in [5.41, 5.74) is 3.18. The SMILES string of the molecule is O=C(NC=S)NCc1cccc(-c2ncn(-c3ccc(OC(F)(F)F)cc3)n2)c1. The Kier molecular flexibility index (Phi) is 6.07. The maximum absolute atomic E-state index is 12.2. The average Bonchev–Trinajstić information content (AvgIpc) is 3.16. The Morgan fingerprint density at radius 1 is 1.21 bits per heavy atom. The van der Waals surface area contributed by atoms with E-state index >= 15 is 0 Å². The van der Waals surface area contributed by atoms with Gasteiger partial charge in [-0.15, -0.1) is 18.3 Å². The number of carbonyl (C=O) groups excluding carboxylic acids is 1. The summed E-state index contributed by atoms with van der Waals surface area (Å²) in [6.45, 7) is 0.282. The van der Waals surface area contributed by atoms with Crippen molar-refractivity contribution >= 4 is 23.7 Å². The summed E-state index contributed by atoms with van der Waals surface area (Å²) in [5, 5.41) is 9.33. The van der Waals surface area contributed by atoms with Crippen LogP contribution in [0.2, 0.25) is 0 Å². The lowest BCUT2D eigenvalue weighted by Crippen LogP contribution is -2.33. The van der Waals surface area contributed by atoms with Crippen LogP contribution in [-0.4, -0.2) is 32.6 Å². The van der Waals surface area contributed by atoms with E-state index in [9.17, 15) is 18.0 Å². The van der Waals surface area contributed by atoms with Gasteiger partial charge in [-0.05, 0) is 35.9 Å². The van der Waals surface area contributed by atoms with E-state index in [0.717, 1.165) is 16.6 Å². The molecule has 0 atom stereocenters. The fourth-order valence-electron chi connectivity index (χ4n) is 2.43. The first kappa shape index (κ1) is 20.3. The van der Waals surface area contributed by atoms with Crippen LogP contribution in [0, 0.1) is 0 Å². The molecule has 3 rings (SSSR count). The van der Waals surface area contributed by atoms with Crippen LogP contribution in [0.3, 0.4) is 0 Å². The smallest absolute Gasteiger partial charge is 0.406 e. The summed E-state index contributed by atoms with van der Waals surface area (Å²) < 4.78 is 42.0. The van der Waals surface area contributed by atoms with E-state index in [1.807, 2.05) is 12.1 Å². The first-order chi connectivity index (χ1) is 13.8. The van der Waals surface area contributed by atoms with Gasteiger partial charge in [0.25, 0.3) is 0 Å². The Morgan fingerprint density at radius 3 is 2.66 bits per heavy atom. The van der Waals surface area contributed by atoms with Gasteiger partial charge >= 0.3 is 12.4 Å². The van der Waals surface area contributed by atoms with E-state index in [-0.39, 0.29) is 12.3 Å². The van der Waals surface area contributed by atoms with Crippen molar-refractivity contribution in [1.82, 2.24) is 25.4 Å². The lowest BCUT2D eigenvalue weighted by atomic mass is 10.1. The topological polar surface area (TPSA) is 81.1 Å². The average molecular weight is 421 g/mol. The Hall–Kier alpha value is -3.47. The van der Waals surface area contributed by atoms with Crippen LogP contribution in [-0.2, 0) is 6.54 Å². The minimum absolute atomic E-state index is 0.282. The number of benzene rings is 2. The zero-order chi connectivity index (χ0) is 20.9. The number of ether oxygens (including phenoxy) is 1. The Balaban J connectivity index is 1.72. The number of thiocarbonyl (C=S) groups is 1. The third kappa shape index (κ3) is 5.75. The van der Waals surface area contributed by atoms with Gasteiger partial charge in [0, 0.05) is 12.1 Å². The summed E-state index contributed by atoms with van der Waals surface area (Å²) in [6, 6.07) is 12.1. The van der Waals surface area contributed by atoms with Gasteiger partial charge < -0.3 is 15.4 Å². The molecule has 11 heteroatoms. The Bertz CT molecular complexity index is 1010. The molecule has 0 saturated heterocycles. The molecule has 0 aliphatic heterocycles. The van der Waals surface area contributed by atoms with Gasteiger partial charge in [0.05, 0.1) is 11.2 Å². The van der Waals surface area contributed by atoms with Crippen LogP contribution in [0.5, 0.6) is 5.75 Å². The van der Waals surface area contributed by atoms with Crippen molar-refractivity contribution in [3.8, 4) is 22.8 Å². The normalized spacial score (nSPS) is 11.0. The number of urea groups is 1. The predicted molar refractivity (Wildman–Crippen MR) is 103 cm³/mol. The fourth-order valence-corrected chi connectivity index (χ4v) is 2.53. The third-order valence-corrected chi connectivity index (χ3v) is 3.77. The molecule has 1 heterocycles. The van der Waals surface area contributed by atoms with Crippen molar-refractivity contribution in [3.63, 3.8) is 0 Å². The van der Waals surface area contributed by atoms with Crippen LogP contribution < -0.4 is 15.4 Å². The second-order valence-electron chi connectivity index (χ2n) is 5.70. The molecule has 2 N–H and O–H groups in total. The molecular formula is C18H14F3N5O2S. The fraction of sp³-hybridized carbons (Fsp3) is 0.111. The number of nitrogens with zero attached hydrogens (tertiary/aromatic N) is 3. The van der Waals surface area contributed by atoms with Crippen molar-refractivity contribution in [2.24, 2.45) is 0 Å². The molecule has 0 bridgehead atoms. The van der Waals surface area contributed by atoms with E-state index in [1.54, 1.807) is 12.1 Å². The lowest BCUT2D eigenvalue weighted by molar-refractivity contribution is -0.274. The number of amides is 2. The molecule has 3 aromatic rings. The molecule has 0 radical (unpaired) electrons. The van der Waals surface area contributed by atoms with E-state index < -0.39 is 12.4 Å². The summed E-state index contributed by atoms with van der Waals surface area (Å²) in [4.78, 5) is 15.6. The maximum Gasteiger partial charge on any atom is 0.573 e. The number of aromatic nitrogens is 3. The summed E-state index contributed by atoms with van der Waals surface area (Å²) in [5.74, 6) is 0.102. The highest BCUT2D eigenvalue weighted by Gasteiger charge is 2.31. The first-order valence-electron chi connectivity index (χ1n) is 8.19. The largest absolute Gasteiger partial charge is 0.573 e. The molecule has 2 aromatic carbocycles. The van der Waals surface area contributed by atoms with E-state index in [0.29, 0.717) is 11.5 Å². The monoisotopic (exact) mass is 421 g/mol. The predicted octanol–water partition coefficient (Wildman–Crippen LogP) is 3.59. The summed E-state index contributed by atoms with van der Waals surface area (Å²) in [7, 11) is 0. The standard InChI is InChI=1S/C18H14F3N5O2S/c19-18(20,21)28-15-6-4-14(5-7-15)26-10-23-16(25-26)13-3-1-2-12(8-13)9-22-17(27)24-11-29/h1-8,10-11H,9H2,(H2,22,24,27,29). The molecule has 0 fully saturated rings. The van der Waals surface area contributed by atoms with Crippen molar-refractivity contribution in [3.05, 3.63) is 60.4 Å². The zero-order valence-electron chi connectivity index (χ0n) is 14.7. The molecule has 1 aromatic heterocycles. The van der Waals surface area contributed by atoms with Gasteiger partial charge in [0.1, 0.15) is 12.1 Å². The minimum atomic E-state index is -4.74. The van der Waals surface area contributed by atoms with E-state index in [1.165, 1.54) is 35.3 Å². The van der Waals surface area contributed by atoms with Crippen LogP contribution in [0.4, 0.5) is 18.0 Å². The Labute approximate surface area is 168 Å². The minimum Gasteiger partial charge on any atom is -0.406 e. The maximum atomic E-state index is 12.2. The lowest BCUT2D eigenvalue weighted by Gasteiger charge is -2.09. The van der Waals surface area contributed by atoms with Crippen molar-refractivity contribution in [1.29, 1.82) is 0 Å². The zero-order valence-corrected chi connectivity index (χ0v) is 15.5. The molecule has 2 amide bonds. The Morgan fingerprint density at radius 2 is 1.97 bits per heavy atom. The third-order valence-electron chi connectivity index (χ3n) is 3.65. The number of rotatable bonds is 6. The summed E-state index contributed by atoms with van der Waals surface area (Å²) >= 11 is 4.54. The van der Waals surface area contributed by atoms with Crippen molar-refractivity contribution < 1.29 is 22.7 Å². The van der Waals surface area contributed by atoms with Gasteiger partial charge in [-0.2, -0.15) is 0 Å². The number of alkyl halides is 3. The van der Waals surface area contributed by atoms with Gasteiger partial charge in [-0.1, -0.05) is 30.4 Å². The van der Waals surface area contributed by atoms with Gasteiger partial charge in [0.15, 0.2) is 5.82 Å². The van der Waals surface area contributed by atoms with Crippen molar-refractivity contribution in [2.45, 2.75) is 12.9 Å². The molecule has 7 nitrogen and oxygen atoms in total. The molecule has 0 spiro atoms. The molecule has 29 heavy (non-hydrogen) atoms. The molecular weight excluding hydrogens is 407 g/mol. The highest BCUT2D eigenvalue weighted by molar-refractivity contribution is 7.78. The summed E-state index contributed by atoms with van der Waals surface area (Å²) in [6.07, 6.45) is -3.29. The van der Waals surface area contributed by atoms with E-state index in [2.05, 4.69) is 37.7 Å². The second kappa shape index (κ2) is 8.69. The van der Waals surface area contributed by atoms with Crippen LogP contribution in [0.25, 0.3) is 17.1 Å². The van der Waals surface area contributed by atoms with Crippen LogP contribution in [0.15, 0.2) is 54.9 Å². The number of hydrogen-bond acceptors (Lipinski definition) is 5. The van der Waals surface area contributed by atoms with Gasteiger partial charge in [-0.3, -0.25) is 0 Å². The number of halogens is 3. The first-order valence-corrected chi connectivity index (χ1v) is 8.66. The van der Waals surface area contributed by atoms with Gasteiger partial charge in [0.2, 0.25) is 0 Å². The molecule has 0 saturated carbocycles. The number of carbonyl (C=O) groups is 1. The van der Waals surface area contributed by atoms with E-state index in [4.69, 9.17) is 0 Å². The number of nitrogens with one attached hydrogen (secondary N) is 2. The highest BCUT2D eigenvalue weighted by atomic mass is 32.1. The number of hydrogen-bond donors (Lipinski definition) is 2. The molecule has 0 aliphatic rings. The molecule has 150 valence electrons. The molecule has 0 aliphatic carbocycles. The molecule has 0 unspecified atom stereocenters. The van der Waals surface area contributed by atoms with Crippen LogP contribution in [0.1, 0.15) is 5.56 Å².